The van der Waals surface area contributed by atoms with Gasteiger partial charge in [0.05, 0.1) is 26.3 Å². The molecule has 0 amide bonds. The van der Waals surface area contributed by atoms with Crippen LogP contribution in [0.3, 0.4) is 0 Å². The van der Waals surface area contributed by atoms with Crippen molar-refractivity contribution in [2.45, 2.75) is 6.42 Å². The predicted octanol–water partition coefficient (Wildman–Crippen LogP) is 1.98. The van der Waals surface area contributed by atoms with E-state index in [2.05, 4.69) is 4.74 Å². The molecule has 0 saturated carbocycles. The third-order valence-electron chi connectivity index (χ3n) is 3.36. The Balaban J connectivity index is 2.24. The number of nitrogens with zero attached hydrogens (tertiary/aromatic N) is 1. The van der Waals surface area contributed by atoms with Gasteiger partial charge in [-0.3, -0.25) is 9.59 Å². The summed E-state index contributed by atoms with van der Waals surface area (Å²) in [6.45, 7) is 0. The highest BCUT2D eigenvalue weighted by molar-refractivity contribution is 6.08. The van der Waals surface area contributed by atoms with Crippen molar-refractivity contribution in [1.29, 1.82) is 0 Å². The van der Waals surface area contributed by atoms with Crippen LogP contribution in [0.4, 0.5) is 0 Å². The number of methoxy groups -OCH3 is 2. The number of carbonyl (C=O) groups is 2. The minimum atomic E-state index is -0.334. The molecule has 0 atom stereocenters. The Morgan fingerprint density at radius 3 is 2.29 bits per heavy atom. The normalized spacial score (nSPS) is 10.2. The molecule has 0 radical (unpaired) electrons. The second-order valence-electron chi connectivity index (χ2n) is 4.58. The highest BCUT2D eigenvalue weighted by atomic mass is 16.5. The van der Waals surface area contributed by atoms with Gasteiger partial charge < -0.3 is 14.0 Å². The lowest BCUT2D eigenvalue weighted by molar-refractivity contribution is -0.139. The third kappa shape index (κ3) is 3.13. The summed E-state index contributed by atoms with van der Waals surface area (Å²) < 4.78 is 11.4. The molecule has 0 N–H and O–H groups in total. The van der Waals surface area contributed by atoms with E-state index in [1.165, 1.54) is 7.11 Å². The van der Waals surface area contributed by atoms with Crippen LogP contribution >= 0.6 is 0 Å². The summed E-state index contributed by atoms with van der Waals surface area (Å²) in [7, 11) is 4.68. The maximum absolute atomic E-state index is 12.5. The molecule has 110 valence electrons. The summed E-state index contributed by atoms with van der Waals surface area (Å²) in [6.07, 6.45) is 0.142. The minimum Gasteiger partial charge on any atom is -0.497 e. The van der Waals surface area contributed by atoms with E-state index in [1.54, 1.807) is 55.1 Å². The molecule has 5 heteroatoms. The molecule has 0 saturated heterocycles. The van der Waals surface area contributed by atoms with E-state index in [9.17, 15) is 9.59 Å². The summed E-state index contributed by atoms with van der Waals surface area (Å²) >= 11 is 0. The molecule has 0 bridgehead atoms. The van der Waals surface area contributed by atoms with Gasteiger partial charge in [0.1, 0.15) is 5.75 Å². The van der Waals surface area contributed by atoms with Gasteiger partial charge in [-0.1, -0.05) is 0 Å². The number of hydrogen-bond acceptors (Lipinski definition) is 4. The third-order valence-corrected chi connectivity index (χ3v) is 3.36. The lowest BCUT2D eigenvalue weighted by atomic mass is 10.1. The van der Waals surface area contributed by atoms with Gasteiger partial charge in [-0.05, 0) is 36.4 Å². The Labute approximate surface area is 123 Å². The molecule has 0 spiro atoms. The van der Waals surface area contributed by atoms with E-state index in [-0.39, 0.29) is 18.2 Å². The fourth-order valence-corrected chi connectivity index (χ4v) is 2.07. The SMILES string of the molecule is COC(=O)Cc1ccc(C(=O)c2ccc(OC)cc2)n1C. The van der Waals surface area contributed by atoms with Crippen molar-refractivity contribution in [2.75, 3.05) is 14.2 Å². The Bertz CT molecular complexity index is 655. The van der Waals surface area contributed by atoms with Crippen molar-refractivity contribution in [2.24, 2.45) is 7.05 Å². The lowest BCUT2D eigenvalue weighted by Crippen LogP contribution is -2.12. The van der Waals surface area contributed by atoms with Crippen molar-refractivity contribution in [1.82, 2.24) is 4.57 Å². The number of aromatic nitrogens is 1. The average molecular weight is 287 g/mol. The zero-order valence-corrected chi connectivity index (χ0v) is 12.3. The lowest BCUT2D eigenvalue weighted by Gasteiger charge is -2.07. The van der Waals surface area contributed by atoms with E-state index in [4.69, 9.17) is 4.74 Å². The van der Waals surface area contributed by atoms with Gasteiger partial charge in [0.2, 0.25) is 5.78 Å². The highest BCUT2D eigenvalue weighted by Crippen LogP contribution is 2.17. The molecule has 0 fully saturated rings. The van der Waals surface area contributed by atoms with Crippen LogP contribution in [0.2, 0.25) is 0 Å². The van der Waals surface area contributed by atoms with Gasteiger partial charge in [-0.25, -0.2) is 0 Å². The second-order valence-corrected chi connectivity index (χ2v) is 4.58. The quantitative estimate of drug-likeness (QED) is 0.623. The van der Waals surface area contributed by atoms with Gasteiger partial charge in [-0.15, -0.1) is 0 Å². The molecule has 2 aromatic rings. The Kier molecular flexibility index (Phi) is 4.42. The van der Waals surface area contributed by atoms with Crippen LogP contribution in [-0.4, -0.2) is 30.5 Å². The molecule has 1 heterocycles. The van der Waals surface area contributed by atoms with Gasteiger partial charge in [0.25, 0.3) is 0 Å². The first-order valence-corrected chi connectivity index (χ1v) is 6.47. The molecule has 1 aromatic heterocycles. The monoisotopic (exact) mass is 287 g/mol. The van der Waals surface area contributed by atoms with Gasteiger partial charge in [-0.2, -0.15) is 0 Å². The van der Waals surface area contributed by atoms with E-state index in [0.29, 0.717) is 17.0 Å². The number of hydrogen-bond donors (Lipinski definition) is 0. The van der Waals surface area contributed by atoms with E-state index in [0.717, 1.165) is 5.69 Å². The average Bonchev–Trinajstić information content (AvgIpc) is 2.87. The minimum absolute atomic E-state index is 0.101. The van der Waals surface area contributed by atoms with E-state index < -0.39 is 0 Å². The molecule has 2 rings (SSSR count). The molecule has 0 unspecified atom stereocenters. The Morgan fingerprint density at radius 1 is 1.05 bits per heavy atom. The zero-order valence-electron chi connectivity index (χ0n) is 12.3. The maximum Gasteiger partial charge on any atom is 0.311 e. The summed E-state index contributed by atoms with van der Waals surface area (Å²) in [5.41, 5.74) is 1.83. The highest BCUT2D eigenvalue weighted by Gasteiger charge is 2.16. The Hall–Kier alpha value is -2.56. The van der Waals surface area contributed by atoms with Gasteiger partial charge in [0.15, 0.2) is 0 Å². The smallest absolute Gasteiger partial charge is 0.311 e. The fourth-order valence-electron chi connectivity index (χ4n) is 2.07. The van der Waals surface area contributed by atoms with Crippen molar-refractivity contribution < 1.29 is 19.1 Å². The molecule has 0 aliphatic carbocycles. The van der Waals surface area contributed by atoms with Crippen LogP contribution < -0.4 is 4.74 Å². The molecule has 0 aliphatic heterocycles. The zero-order chi connectivity index (χ0) is 15.4. The summed E-state index contributed by atoms with van der Waals surface area (Å²) in [5, 5.41) is 0. The largest absolute Gasteiger partial charge is 0.497 e. The summed E-state index contributed by atoms with van der Waals surface area (Å²) in [6, 6.07) is 10.4. The Morgan fingerprint density at radius 2 is 1.71 bits per heavy atom. The van der Waals surface area contributed by atoms with Crippen LogP contribution in [0.15, 0.2) is 36.4 Å². The van der Waals surface area contributed by atoms with Crippen LogP contribution in [0.1, 0.15) is 21.7 Å². The second kappa shape index (κ2) is 6.26. The van der Waals surface area contributed by atoms with Crippen molar-refractivity contribution >= 4 is 11.8 Å². The first kappa shape index (κ1) is 14.8. The van der Waals surface area contributed by atoms with Gasteiger partial charge in [0, 0.05) is 18.3 Å². The number of ether oxygens (including phenoxy) is 2. The maximum atomic E-state index is 12.5. The van der Waals surface area contributed by atoms with Crippen molar-refractivity contribution in [3.8, 4) is 5.75 Å². The predicted molar refractivity (Wildman–Crippen MR) is 77.6 cm³/mol. The molecular formula is C16H17NO4. The first-order chi connectivity index (χ1) is 10.1. The standard InChI is InChI=1S/C16H17NO4/c1-17-12(10-15(18)21-3)6-9-14(17)16(19)11-4-7-13(20-2)8-5-11/h4-9H,10H2,1-3H3. The summed E-state index contributed by atoms with van der Waals surface area (Å²) in [4.78, 5) is 23.8. The van der Waals surface area contributed by atoms with Crippen LogP contribution in [-0.2, 0) is 23.0 Å². The summed E-state index contributed by atoms with van der Waals surface area (Å²) in [5.74, 6) is 0.265. The van der Waals surface area contributed by atoms with Crippen LogP contribution in [0.5, 0.6) is 5.75 Å². The molecule has 0 aliphatic rings. The number of rotatable bonds is 5. The molecule has 1 aromatic carbocycles. The van der Waals surface area contributed by atoms with E-state index in [1.807, 2.05) is 0 Å². The number of carbonyl (C=O) groups excluding carboxylic acids is 2. The fraction of sp³-hybridized carbons (Fsp3) is 0.250. The number of benzene rings is 1. The topological polar surface area (TPSA) is 57.5 Å². The van der Waals surface area contributed by atoms with Gasteiger partial charge >= 0.3 is 5.97 Å². The molecule has 21 heavy (non-hydrogen) atoms. The molecular weight excluding hydrogens is 270 g/mol. The number of ketones is 1. The van der Waals surface area contributed by atoms with E-state index >= 15 is 0 Å². The number of esters is 1. The van der Waals surface area contributed by atoms with Crippen molar-refractivity contribution in [3.05, 3.63) is 53.3 Å². The van der Waals surface area contributed by atoms with Crippen LogP contribution in [0.25, 0.3) is 0 Å². The van der Waals surface area contributed by atoms with Crippen LogP contribution in [0, 0.1) is 0 Å². The first-order valence-electron chi connectivity index (χ1n) is 6.47. The van der Waals surface area contributed by atoms with Crippen molar-refractivity contribution in [3.63, 3.8) is 0 Å². The molecule has 5 nitrogen and oxygen atoms in total.